The molecule has 0 saturated heterocycles. The van der Waals surface area contributed by atoms with E-state index in [9.17, 15) is 14.4 Å². The molecule has 0 spiro atoms. The maximum Gasteiger partial charge on any atom is 0.330 e. The molecule has 0 amide bonds. The summed E-state index contributed by atoms with van der Waals surface area (Å²) in [6.45, 7) is 5.21. The van der Waals surface area contributed by atoms with E-state index in [0.29, 0.717) is 6.42 Å². The molecule has 0 fully saturated rings. The third-order valence-corrected chi connectivity index (χ3v) is 2.61. The summed E-state index contributed by atoms with van der Waals surface area (Å²) in [7, 11) is 0. The number of ketones is 1. The van der Waals surface area contributed by atoms with Gasteiger partial charge in [-0.05, 0) is 18.8 Å². The Morgan fingerprint density at radius 2 is 1.61 bits per heavy atom. The van der Waals surface area contributed by atoms with E-state index in [4.69, 9.17) is 10.2 Å². The van der Waals surface area contributed by atoms with Crippen LogP contribution in [-0.2, 0) is 14.4 Å². The summed E-state index contributed by atoms with van der Waals surface area (Å²) in [5, 5.41) is 17.2. The third-order valence-electron chi connectivity index (χ3n) is 2.61. The van der Waals surface area contributed by atoms with Crippen LogP contribution in [0.15, 0.2) is 11.6 Å². The van der Waals surface area contributed by atoms with Gasteiger partial charge in [0, 0.05) is 18.4 Å². The predicted octanol–water partition coefficient (Wildman–Crippen LogP) is 2.26. The second-order valence-corrected chi connectivity index (χ2v) is 5.05. The molecule has 5 heteroatoms. The van der Waals surface area contributed by atoms with Gasteiger partial charge in [-0.3, -0.25) is 9.59 Å². The van der Waals surface area contributed by atoms with Crippen molar-refractivity contribution in [2.45, 2.75) is 46.5 Å². The normalized spacial score (nSPS) is 12.3. The lowest BCUT2D eigenvalue weighted by molar-refractivity contribution is -0.138. The highest BCUT2D eigenvalue weighted by Gasteiger charge is 2.18. The minimum Gasteiger partial charge on any atom is -0.481 e. The monoisotopic (exact) mass is 256 g/mol. The van der Waals surface area contributed by atoms with Gasteiger partial charge in [-0.25, -0.2) is 4.79 Å². The van der Waals surface area contributed by atoms with Crippen molar-refractivity contribution < 1.29 is 24.6 Å². The zero-order valence-corrected chi connectivity index (χ0v) is 11.0. The first-order valence-corrected chi connectivity index (χ1v) is 5.80. The highest BCUT2D eigenvalue weighted by molar-refractivity contribution is 5.86. The maximum absolute atomic E-state index is 11.4. The summed E-state index contributed by atoms with van der Waals surface area (Å²) in [6.07, 6.45) is 2.29. The zero-order chi connectivity index (χ0) is 14.3. The van der Waals surface area contributed by atoms with E-state index in [1.807, 2.05) is 13.8 Å². The lowest BCUT2D eigenvalue weighted by Crippen LogP contribution is -2.13. The molecule has 0 aliphatic rings. The molecule has 0 aliphatic heterocycles. The Hall–Kier alpha value is -1.65. The third kappa shape index (κ3) is 7.60. The van der Waals surface area contributed by atoms with Gasteiger partial charge >= 0.3 is 11.9 Å². The number of carboxylic acid groups (broad SMARTS) is 2. The second kappa shape index (κ2) is 6.93. The first kappa shape index (κ1) is 16.4. The van der Waals surface area contributed by atoms with Crippen molar-refractivity contribution in [3.63, 3.8) is 0 Å². The molecular formula is C13H20O5. The van der Waals surface area contributed by atoms with Crippen LogP contribution in [0, 0.1) is 5.41 Å². The number of Topliss-reactive ketones (excluding diaryl/α,β-unsaturated/α-hetero) is 1. The van der Waals surface area contributed by atoms with Gasteiger partial charge in [-0.2, -0.15) is 0 Å². The average Bonchev–Trinajstić information content (AvgIpc) is 2.22. The van der Waals surface area contributed by atoms with Crippen molar-refractivity contribution in [1.29, 1.82) is 0 Å². The lowest BCUT2D eigenvalue weighted by Gasteiger charge is -2.20. The van der Waals surface area contributed by atoms with Crippen LogP contribution in [0.1, 0.15) is 46.5 Å². The lowest BCUT2D eigenvalue weighted by atomic mass is 9.85. The van der Waals surface area contributed by atoms with E-state index < -0.39 is 11.9 Å². The largest absolute Gasteiger partial charge is 0.481 e. The number of hydrogen-bond acceptors (Lipinski definition) is 3. The van der Waals surface area contributed by atoms with Crippen LogP contribution in [0.5, 0.6) is 0 Å². The van der Waals surface area contributed by atoms with E-state index in [2.05, 4.69) is 0 Å². The molecule has 18 heavy (non-hydrogen) atoms. The van der Waals surface area contributed by atoms with Crippen molar-refractivity contribution in [3.05, 3.63) is 11.6 Å². The molecule has 0 saturated carbocycles. The first-order valence-electron chi connectivity index (χ1n) is 5.80. The van der Waals surface area contributed by atoms with E-state index >= 15 is 0 Å². The van der Waals surface area contributed by atoms with Gasteiger partial charge in [-0.15, -0.1) is 0 Å². The molecular weight excluding hydrogens is 236 g/mol. The summed E-state index contributed by atoms with van der Waals surface area (Å²) in [5.74, 6) is -2.06. The standard InChI is InChI=1S/C13H20O5/c1-9(12(17)18)8-13(2,3)7-6-10(14)4-5-11(15)16/h8H,4-7H2,1-3H3,(H,15,16)(H,17,18)/b9-8-. The molecule has 0 aliphatic carbocycles. The number of allylic oxidation sites excluding steroid dienone is 1. The van der Waals surface area contributed by atoms with Crippen LogP contribution in [0.2, 0.25) is 0 Å². The highest BCUT2D eigenvalue weighted by Crippen LogP contribution is 2.26. The van der Waals surface area contributed by atoms with Crippen LogP contribution >= 0.6 is 0 Å². The molecule has 0 unspecified atom stereocenters. The summed E-state index contributed by atoms with van der Waals surface area (Å²) in [4.78, 5) is 32.4. The smallest absolute Gasteiger partial charge is 0.330 e. The van der Waals surface area contributed by atoms with Gasteiger partial charge in [0.15, 0.2) is 0 Å². The van der Waals surface area contributed by atoms with Crippen molar-refractivity contribution >= 4 is 17.7 Å². The molecule has 0 aromatic carbocycles. The van der Waals surface area contributed by atoms with Crippen molar-refractivity contribution in [2.24, 2.45) is 5.41 Å². The van der Waals surface area contributed by atoms with Gasteiger partial charge in [0.2, 0.25) is 0 Å². The number of aliphatic carboxylic acids is 2. The fourth-order valence-corrected chi connectivity index (χ4v) is 1.55. The topological polar surface area (TPSA) is 91.7 Å². The molecule has 0 radical (unpaired) electrons. The van der Waals surface area contributed by atoms with Crippen LogP contribution < -0.4 is 0 Å². The molecule has 5 nitrogen and oxygen atoms in total. The number of carboxylic acids is 2. The van der Waals surface area contributed by atoms with Crippen LogP contribution in [-0.4, -0.2) is 27.9 Å². The molecule has 0 aromatic heterocycles. The van der Waals surface area contributed by atoms with Gasteiger partial charge in [0.05, 0.1) is 6.42 Å². The molecule has 102 valence electrons. The average molecular weight is 256 g/mol. The van der Waals surface area contributed by atoms with Crippen molar-refractivity contribution in [2.75, 3.05) is 0 Å². The van der Waals surface area contributed by atoms with E-state index in [1.54, 1.807) is 6.08 Å². The highest BCUT2D eigenvalue weighted by atomic mass is 16.4. The van der Waals surface area contributed by atoms with Crippen LogP contribution in [0.25, 0.3) is 0 Å². The molecule has 0 heterocycles. The Labute approximate surface area is 107 Å². The fraction of sp³-hybridized carbons (Fsp3) is 0.615. The fourth-order valence-electron chi connectivity index (χ4n) is 1.55. The van der Waals surface area contributed by atoms with Crippen molar-refractivity contribution in [1.82, 2.24) is 0 Å². The number of hydrogen-bond donors (Lipinski definition) is 2. The number of carbonyl (C=O) groups is 3. The van der Waals surface area contributed by atoms with E-state index in [0.717, 1.165) is 0 Å². The minimum absolute atomic E-state index is 0.0348. The Morgan fingerprint density at radius 1 is 1.06 bits per heavy atom. The SMILES string of the molecule is C/C(=C/C(C)(C)CCC(=O)CCC(=O)O)C(=O)O. The van der Waals surface area contributed by atoms with Gasteiger partial charge in [0.25, 0.3) is 0 Å². The first-order chi connectivity index (χ1) is 8.14. The Morgan fingerprint density at radius 3 is 2.06 bits per heavy atom. The Kier molecular flexibility index (Phi) is 6.30. The molecule has 0 aromatic rings. The van der Waals surface area contributed by atoms with E-state index in [-0.39, 0.29) is 36.0 Å². The minimum atomic E-state index is -0.982. The molecule has 0 rings (SSSR count). The van der Waals surface area contributed by atoms with Gasteiger partial charge in [-0.1, -0.05) is 19.9 Å². The van der Waals surface area contributed by atoms with Crippen molar-refractivity contribution in [3.8, 4) is 0 Å². The molecule has 2 N–H and O–H groups in total. The quantitative estimate of drug-likeness (QED) is 0.650. The van der Waals surface area contributed by atoms with Crippen LogP contribution in [0.4, 0.5) is 0 Å². The molecule has 0 bridgehead atoms. The number of carbonyl (C=O) groups excluding carboxylic acids is 1. The zero-order valence-electron chi connectivity index (χ0n) is 11.0. The summed E-state index contributed by atoms with van der Waals surface area (Å²) in [6, 6.07) is 0. The van der Waals surface area contributed by atoms with Crippen LogP contribution in [0.3, 0.4) is 0 Å². The molecule has 0 atom stereocenters. The Bertz CT molecular complexity index is 366. The van der Waals surface area contributed by atoms with Gasteiger partial charge in [0.1, 0.15) is 5.78 Å². The predicted molar refractivity (Wildman–Crippen MR) is 66.3 cm³/mol. The summed E-state index contributed by atoms with van der Waals surface area (Å²) < 4.78 is 0. The van der Waals surface area contributed by atoms with Gasteiger partial charge < -0.3 is 10.2 Å². The summed E-state index contributed by atoms with van der Waals surface area (Å²) in [5.41, 5.74) is -0.139. The summed E-state index contributed by atoms with van der Waals surface area (Å²) >= 11 is 0. The Balaban J connectivity index is 4.26. The van der Waals surface area contributed by atoms with E-state index in [1.165, 1.54) is 6.92 Å². The maximum atomic E-state index is 11.4. The number of rotatable bonds is 8. The second-order valence-electron chi connectivity index (χ2n) is 5.05.